The summed E-state index contributed by atoms with van der Waals surface area (Å²) in [5.74, 6) is 0. The molecule has 1 saturated carbocycles. The zero-order chi connectivity index (χ0) is 16.0. The second kappa shape index (κ2) is 24.9. The van der Waals surface area contributed by atoms with Gasteiger partial charge in [0, 0.05) is 13.2 Å². The van der Waals surface area contributed by atoms with Gasteiger partial charge in [0.2, 0.25) is 0 Å². The zero-order valence-corrected chi connectivity index (χ0v) is 14.6. The van der Waals surface area contributed by atoms with Gasteiger partial charge in [0.25, 0.3) is 0 Å². The van der Waals surface area contributed by atoms with E-state index in [0.717, 1.165) is 13.2 Å². The molecule has 0 heterocycles. The van der Waals surface area contributed by atoms with Gasteiger partial charge >= 0.3 is 0 Å². The molecule has 130 valence electrons. The molecular formula is C18H40O3. The minimum atomic E-state index is -0.125. The van der Waals surface area contributed by atoms with Crippen molar-refractivity contribution in [2.75, 3.05) is 26.4 Å². The lowest BCUT2D eigenvalue weighted by atomic mass is 10.0. The molecule has 1 aliphatic rings. The molecule has 0 aromatic rings. The lowest BCUT2D eigenvalue weighted by Crippen LogP contribution is -1.96. The van der Waals surface area contributed by atoms with Gasteiger partial charge in [0.15, 0.2) is 0 Å². The SMILES string of the molecule is C1CCC1.CCCCCCOCCCCCC.OCCO. The molecule has 0 spiro atoms. The van der Waals surface area contributed by atoms with Gasteiger partial charge in [-0.05, 0) is 12.8 Å². The fraction of sp³-hybridized carbons (Fsp3) is 1.00. The van der Waals surface area contributed by atoms with Gasteiger partial charge in [-0.3, -0.25) is 0 Å². The highest BCUT2D eigenvalue weighted by molar-refractivity contribution is 4.50. The smallest absolute Gasteiger partial charge is 0.0662 e. The van der Waals surface area contributed by atoms with Crippen LogP contribution in [0.2, 0.25) is 0 Å². The Bertz CT molecular complexity index is 131. The van der Waals surface area contributed by atoms with Crippen molar-refractivity contribution in [2.24, 2.45) is 0 Å². The minimum Gasteiger partial charge on any atom is -0.394 e. The Hall–Kier alpha value is -0.120. The van der Waals surface area contributed by atoms with Gasteiger partial charge in [-0.15, -0.1) is 0 Å². The van der Waals surface area contributed by atoms with Crippen LogP contribution in [0, 0.1) is 0 Å². The first-order chi connectivity index (χ1) is 10.3. The quantitative estimate of drug-likeness (QED) is 0.544. The summed E-state index contributed by atoms with van der Waals surface area (Å²) in [7, 11) is 0. The molecule has 0 atom stereocenters. The highest BCUT2D eigenvalue weighted by Gasteiger charge is 1.95. The molecule has 0 saturated heterocycles. The van der Waals surface area contributed by atoms with Crippen LogP contribution >= 0.6 is 0 Å². The molecule has 2 N–H and O–H groups in total. The van der Waals surface area contributed by atoms with E-state index >= 15 is 0 Å². The molecule has 3 heteroatoms. The van der Waals surface area contributed by atoms with E-state index in [1.54, 1.807) is 0 Å². The van der Waals surface area contributed by atoms with Crippen LogP contribution in [0.3, 0.4) is 0 Å². The van der Waals surface area contributed by atoms with Gasteiger partial charge < -0.3 is 14.9 Å². The second-order valence-corrected chi connectivity index (χ2v) is 5.60. The lowest BCUT2D eigenvalue weighted by Gasteiger charge is -2.05. The average molecular weight is 305 g/mol. The van der Waals surface area contributed by atoms with Gasteiger partial charge in [-0.1, -0.05) is 78.1 Å². The van der Waals surface area contributed by atoms with Crippen molar-refractivity contribution in [3.05, 3.63) is 0 Å². The van der Waals surface area contributed by atoms with Crippen molar-refractivity contribution in [3.8, 4) is 0 Å². The van der Waals surface area contributed by atoms with E-state index in [1.807, 2.05) is 0 Å². The van der Waals surface area contributed by atoms with Gasteiger partial charge in [-0.2, -0.15) is 0 Å². The van der Waals surface area contributed by atoms with Crippen molar-refractivity contribution < 1.29 is 14.9 Å². The summed E-state index contributed by atoms with van der Waals surface area (Å²) in [6.45, 7) is 6.19. The van der Waals surface area contributed by atoms with Crippen LogP contribution in [0.1, 0.15) is 90.9 Å². The highest BCUT2D eigenvalue weighted by Crippen LogP contribution is 2.15. The van der Waals surface area contributed by atoms with Crippen LogP contribution in [-0.4, -0.2) is 36.6 Å². The Morgan fingerprint density at radius 2 is 1.00 bits per heavy atom. The topological polar surface area (TPSA) is 49.7 Å². The van der Waals surface area contributed by atoms with Crippen LogP contribution in [0.4, 0.5) is 0 Å². The summed E-state index contributed by atoms with van der Waals surface area (Å²) in [6, 6.07) is 0. The largest absolute Gasteiger partial charge is 0.394 e. The fourth-order valence-corrected chi connectivity index (χ4v) is 1.61. The molecule has 1 rings (SSSR count). The first-order valence-corrected chi connectivity index (χ1v) is 9.12. The predicted octanol–water partition coefficient (Wildman–Crippen LogP) is 4.70. The van der Waals surface area contributed by atoms with Crippen LogP contribution in [0.15, 0.2) is 0 Å². The summed E-state index contributed by atoms with van der Waals surface area (Å²) in [5.41, 5.74) is 0. The van der Waals surface area contributed by atoms with Crippen molar-refractivity contribution in [1.29, 1.82) is 0 Å². The number of aliphatic hydroxyl groups is 2. The summed E-state index contributed by atoms with van der Waals surface area (Å²) >= 11 is 0. The van der Waals surface area contributed by atoms with E-state index in [1.165, 1.54) is 77.0 Å². The van der Waals surface area contributed by atoms with E-state index in [2.05, 4.69) is 13.8 Å². The van der Waals surface area contributed by atoms with Gasteiger partial charge in [0.05, 0.1) is 13.2 Å². The van der Waals surface area contributed by atoms with E-state index in [9.17, 15) is 0 Å². The van der Waals surface area contributed by atoms with E-state index < -0.39 is 0 Å². The second-order valence-electron chi connectivity index (χ2n) is 5.60. The number of rotatable bonds is 11. The lowest BCUT2D eigenvalue weighted by molar-refractivity contribution is 0.126. The van der Waals surface area contributed by atoms with Gasteiger partial charge in [-0.25, -0.2) is 0 Å². The van der Waals surface area contributed by atoms with Crippen molar-refractivity contribution in [2.45, 2.75) is 90.9 Å². The Morgan fingerprint density at radius 3 is 1.24 bits per heavy atom. The molecule has 1 fully saturated rings. The predicted molar refractivity (Wildman–Crippen MR) is 91.7 cm³/mol. The normalized spacial score (nSPS) is 12.6. The Balaban J connectivity index is 0. The summed E-state index contributed by atoms with van der Waals surface area (Å²) in [6.07, 6.45) is 16.5. The number of unbranched alkanes of at least 4 members (excludes halogenated alkanes) is 6. The third-order valence-electron chi connectivity index (χ3n) is 3.38. The van der Waals surface area contributed by atoms with Crippen molar-refractivity contribution >= 4 is 0 Å². The first-order valence-electron chi connectivity index (χ1n) is 9.12. The minimum absolute atomic E-state index is 0.125. The molecule has 0 radical (unpaired) electrons. The Kier molecular flexibility index (Phi) is 27.4. The molecule has 0 amide bonds. The average Bonchev–Trinajstić information content (AvgIpc) is 2.44. The highest BCUT2D eigenvalue weighted by atomic mass is 16.5. The number of hydrogen-bond acceptors (Lipinski definition) is 3. The number of ether oxygens (including phenoxy) is 1. The maximum atomic E-state index is 7.62. The zero-order valence-electron chi connectivity index (χ0n) is 14.6. The summed E-state index contributed by atoms with van der Waals surface area (Å²) < 4.78 is 5.53. The fourth-order valence-electron chi connectivity index (χ4n) is 1.61. The molecule has 0 bridgehead atoms. The van der Waals surface area contributed by atoms with Gasteiger partial charge in [0.1, 0.15) is 0 Å². The molecule has 0 aromatic heterocycles. The summed E-state index contributed by atoms with van der Waals surface area (Å²) in [5, 5.41) is 15.2. The molecule has 0 aromatic carbocycles. The molecule has 0 aliphatic heterocycles. The third-order valence-corrected chi connectivity index (χ3v) is 3.38. The standard InChI is InChI=1S/C12H26O.C4H8.C2H6O2/c1-3-5-7-9-11-13-12-10-8-6-4-2;1-2-4-3-1;3-1-2-4/h3-12H2,1-2H3;1-4H2;3-4H,1-2H2. The molecule has 1 aliphatic carbocycles. The van der Waals surface area contributed by atoms with E-state index in [-0.39, 0.29) is 13.2 Å². The molecule has 3 nitrogen and oxygen atoms in total. The molecule has 0 unspecified atom stereocenters. The Morgan fingerprint density at radius 1 is 0.619 bits per heavy atom. The number of hydrogen-bond donors (Lipinski definition) is 2. The molecular weight excluding hydrogens is 264 g/mol. The maximum absolute atomic E-state index is 7.62. The van der Waals surface area contributed by atoms with E-state index in [0.29, 0.717) is 0 Å². The third kappa shape index (κ3) is 28.7. The number of aliphatic hydroxyl groups excluding tert-OH is 2. The van der Waals surface area contributed by atoms with Crippen LogP contribution in [0.5, 0.6) is 0 Å². The monoisotopic (exact) mass is 304 g/mol. The van der Waals surface area contributed by atoms with Crippen LogP contribution in [-0.2, 0) is 4.74 Å². The summed E-state index contributed by atoms with van der Waals surface area (Å²) in [4.78, 5) is 0. The van der Waals surface area contributed by atoms with Crippen molar-refractivity contribution in [1.82, 2.24) is 0 Å². The van der Waals surface area contributed by atoms with Crippen molar-refractivity contribution in [3.63, 3.8) is 0 Å². The maximum Gasteiger partial charge on any atom is 0.0662 e. The molecule has 21 heavy (non-hydrogen) atoms. The van der Waals surface area contributed by atoms with Crippen LogP contribution in [0.25, 0.3) is 0 Å². The van der Waals surface area contributed by atoms with E-state index in [4.69, 9.17) is 14.9 Å². The van der Waals surface area contributed by atoms with Crippen LogP contribution < -0.4 is 0 Å². The first kappa shape index (κ1) is 23.2. The Labute approximate surface area is 133 Å².